The van der Waals surface area contributed by atoms with E-state index in [1.165, 1.54) is 71.6 Å². The van der Waals surface area contributed by atoms with Gasteiger partial charge in [-0.3, -0.25) is 4.98 Å². The third kappa shape index (κ3) is 3.80. The molecule has 0 unspecified atom stereocenters. The standard InChI is InChI=1S/C41H27N3/c1-3-9-32(10-4-1)43-38-14-8-7-13-34(38)36-26-41-37(27-40(36)43)35-25-31(19-20-39(35)44(41)33-11-5-2-6-12-33)29-17-15-28(16-18-29)30-21-23-42-24-22-30/h1-27H. The first-order valence-corrected chi connectivity index (χ1v) is 15.0. The number of para-hydroxylation sites is 3. The molecule has 9 rings (SSSR count). The molecule has 3 heterocycles. The van der Waals surface area contributed by atoms with Crippen LogP contribution < -0.4 is 0 Å². The second-order valence-electron chi connectivity index (χ2n) is 11.3. The molecule has 3 nitrogen and oxygen atoms in total. The van der Waals surface area contributed by atoms with Crippen molar-refractivity contribution in [1.82, 2.24) is 14.1 Å². The van der Waals surface area contributed by atoms with Gasteiger partial charge < -0.3 is 9.13 Å². The van der Waals surface area contributed by atoms with Crippen LogP contribution in [0.25, 0.3) is 77.2 Å². The van der Waals surface area contributed by atoms with E-state index in [0.29, 0.717) is 0 Å². The molecule has 3 heteroatoms. The highest BCUT2D eigenvalue weighted by Gasteiger charge is 2.19. The van der Waals surface area contributed by atoms with Crippen LogP contribution >= 0.6 is 0 Å². The van der Waals surface area contributed by atoms with E-state index in [4.69, 9.17) is 0 Å². The monoisotopic (exact) mass is 561 g/mol. The van der Waals surface area contributed by atoms with Crippen molar-refractivity contribution in [3.05, 3.63) is 164 Å². The van der Waals surface area contributed by atoms with E-state index in [1.807, 2.05) is 12.4 Å². The number of nitrogens with zero attached hydrogens (tertiary/aromatic N) is 3. The number of benzene rings is 6. The smallest absolute Gasteiger partial charge is 0.0548 e. The lowest BCUT2D eigenvalue weighted by Gasteiger charge is -2.09. The zero-order valence-corrected chi connectivity index (χ0v) is 23.9. The van der Waals surface area contributed by atoms with E-state index in [0.717, 1.165) is 5.69 Å². The molecule has 3 aromatic heterocycles. The Hall–Kier alpha value is -5.93. The topological polar surface area (TPSA) is 22.8 Å². The fourth-order valence-electron chi connectivity index (χ4n) is 6.77. The first kappa shape index (κ1) is 24.6. The summed E-state index contributed by atoms with van der Waals surface area (Å²) in [6, 6.07) is 54.8. The van der Waals surface area contributed by atoms with Crippen LogP contribution in [0.15, 0.2) is 164 Å². The van der Waals surface area contributed by atoms with Crippen molar-refractivity contribution in [2.24, 2.45) is 0 Å². The molecule has 9 aromatic rings. The van der Waals surface area contributed by atoms with E-state index in [2.05, 4.69) is 166 Å². The van der Waals surface area contributed by atoms with E-state index >= 15 is 0 Å². The average molecular weight is 562 g/mol. The lowest BCUT2D eigenvalue weighted by Crippen LogP contribution is -1.94. The van der Waals surface area contributed by atoms with Crippen molar-refractivity contribution >= 4 is 43.6 Å². The van der Waals surface area contributed by atoms with Crippen LogP contribution in [0, 0.1) is 0 Å². The molecule has 0 amide bonds. The number of pyridine rings is 1. The number of fused-ring (bicyclic) bond motifs is 6. The van der Waals surface area contributed by atoms with Gasteiger partial charge in [-0.25, -0.2) is 0 Å². The summed E-state index contributed by atoms with van der Waals surface area (Å²) in [6.45, 7) is 0. The molecule has 206 valence electrons. The van der Waals surface area contributed by atoms with E-state index in [9.17, 15) is 0 Å². The van der Waals surface area contributed by atoms with Crippen LogP contribution in [0.5, 0.6) is 0 Å². The average Bonchev–Trinajstić information content (AvgIpc) is 3.60. The fourth-order valence-corrected chi connectivity index (χ4v) is 6.77. The van der Waals surface area contributed by atoms with Crippen LogP contribution in [0.4, 0.5) is 0 Å². The fraction of sp³-hybridized carbons (Fsp3) is 0. The molecule has 44 heavy (non-hydrogen) atoms. The first-order chi connectivity index (χ1) is 21.8. The number of hydrogen-bond acceptors (Lipinski definition) is 1. The van der Waals surface area contributed by atoms with Gasteiger partial charge in [0.15, 0.2) is 0 Å². The van der Waals surface area contributed by atoms with Gasteiger partial charge in [-0.1, -0.05) is 84.9 Å². The predicted octanol–water partition coefficient (Wildman–Crippen LogP) is 10.6. The second-order valence-corrected chi connectivity index (χ2v) is 11.3. The van der Waals surface area contributed by atoms with E-state index in [1.54, 1.807) is 0 Å². The van der Waals surface area contributed by atoms with Crippen LogP contribution in [0.2, 0.25) is 0 Å². The predicted molar refractivity (Wildman–Crippen MR) is 184 cm³/mol. The molecule has 0 saturated carbocycles. The zero-order chi connectivity index (χ0) is 29.0. The molecule has 0 aliphatic rings. The Labute approximate surface area is 254 Å². The van der Waals surface area contributed by atoms with Crippen molar-refractivity contribution in [2.45, 2.75) is 0 Å². The molecule has 0 bridgehead atoms. The van der Waals surface area contributed by atoms with Gasteiger partial charge in [-0.2, -0.15) is 0 Å². The lowest BCUT2D eigenvalue weighted by molar-refractivity contribution is 1.17. The normalized spacial score (nSPS) is 11.6. The van der Waals surface area contributed by atoms with Crippen molar-refractivity contribution in [3.8, 4) is 33.6 Å². The maximum absolute atomic E-state index is 4.16. The van der Waals surface area contributed by atoms with E-state index in [-0.39, 0.29) is 0 Å². The number of aromatic nitrogens is 3. The van der Waals surface area contributed by atoms with E-state index < -0.39 is 0 Å². The second kappa shape index (κ2) is 9.82. The minimum atomic E-state index is 1.16. The quantitative estimate of drug-likeness (QED) is 0.210. The first-order valence-electron chi connectivity index (χ1n) is 15.0. The Kier molecular flexibility index (Phi) is 5.50. The summed E-state index contributed by atoms with van der Waals surface area (Å²) in [6.07, 6.45) is 3.68. The minimum absolute atomic E-state index is 1.16. The van der Waals surface area contributed by atoms with Gasteiger partial charge in [-0.05, 0) is 89.0 Å². The molecule has 0 atom stereocenters. The van der Waals surface area contributed by atoms with Crippen LogP contribution in [0.1, 0.15) is 0 Å². The maximum atomic E-state index is 4.16. The summed E-state index contributed by atoms with van der Waals surface area (Å²) in [5, 5.41) is 5.00. The largest absolute Gasteiger partial charge is 0.309 e. The van der Waals surface area contributed by atoms with Crippen molar-refractivity contribution in [2.75, 3.05) is 0 Å². The highest BCUT2D eigenvalue weighted by atomic mass is 15.0. The van der Waals surface area contributed by atoms with Gasteiger partial charge in [0, 0.05) is 45.3 Å². The Balaban J connectivity index is 1.33. The molecule has 0 N–H and O–H groups in total. The van der Waals surface area contributed by atoms with Crippen LogP contribution in [0.3, 0.4) is 0 Å². The third-order valence-corrected chi connectivity index (χ3v) is 8.82. The van der Waals surface area contributed by atoms with Gasteiger partial charge in [0.25, 0.3) is 0 Å². The Morgan fingerprint density at radius 3 is 1.41 bits per heavy atom. The molecule has 0 radical (unpaired) electrons. The van der Waals surface area contributed by atoms with Crippen LogP contribution in [-0.2, 0) is 0 Å². The SMILES string of the molecule is c1ccc(-n2c3ccccc3c3cc4c(cc32)c2cc(-c3ccc(-c5ccncc5)cc3)ccc2n4-c2ccccc2)cc1. The Bertz CT molecular complexity index is 2450. The van der Waals surface area contributed by atoms with Gasteiger partial charge >= 0.3 is 0 Å². The molecule has 0 spiro atoms. The van der Waals surface area contributed by atoms with Crippen molar-refractivity contribution in [1.29, 1.82) is 0 Å². The highest BCUT2D eigenvalue weighted by molar-refractivity contribution is 6.19. The van der Waals surface area contributed by atoms with Gasteiger partial charge in [-0.15, -0.1) is 0 Å². The van der Waals surface area contributed by atoms with Crippen molar-refractivity contribution < 1.29 is 0 Å². The van der Waals surface area contributed by atoms with Crippen LogP contribution in [-0.4, -0.2) is 14.1 Å². The van der Waals surface area contributed by atoms with Crippen molar-refractivity contribution in [3.63, 3.8) is 0 Å². The summed E-state index contributed by atoms with van der Waals surface area (Å²) in [5.74, 6) is 0. The summed E-state index contributed by atoms with van der Waals surface area (Å²) in [5.41, 5.74) is 11.9. The number of rotatable bonds is 4. The molecule has 0 fully saturated rings. The maximum Gasteiger partial charge on any atom is 0.0548 e. The Morgan fingerprint density at radius 2 is 0.773 bits per heavy atom. The highest BCUT2D eigenvalue weighted by Crippen LogP contribution is 2.40. The molecule has 6 aromatic carbocycles. The summed E-state index contributed by atoms with van der Waals surface area (Å²) in [7, 11) is 0. The third-order valence-electron chi connectivity index (χ3n) is 8.82. The molecule has 0 aliphatic carbocycles. The van der Waals surface area contributed by atoms with Gasteiger partial charge in [0.05, 0.1) is 22.1 Å². The van der Waals surface area contributed by atoms with Gasteiger partial charge in [0.1, 0.15) is 0 Å². The van der Waals surface area contributed by atoms with Gasteiger partial charge in [0.2, 0.25) is 0 Å². The molecule has 0 aliphatic heterocycles. The molecular weight excluding hydrogens is 534 g/mol. The minimum Gasteiger partial charge on any atom is -0.309 e. The summed E-state index contributed by atoms with van der Waals surface area (Å²) < 4.78 is 4.81. The zero-order valence-electron chi connectivity index (χ0n) is 23.9. The molecule has 0 saturated heterocycles. The Morgan fingerprint density at radius 1 is 0.318 bits per heavy atom. The molecular formula is C41H27N3. The summed E-state index contributed by atoms with van der Waals surface area (Å²) >= 11 is 0. The number of hydrogen-bond donors (Lipinski definition) is 0. The summed E-state index contributed by atoms with van der Waals surface area (Å²) in [4.78, 5) is 4.16. The lowest BCUT2D eigenvalue weighted by atomic mass is 9.99.